The van der Waals surface area contributed by atoms with Crippen LogP contribution in [0, 0.1) is 5.41 Å². The van der Waals surface area contributed by atoms with E-state index < -0.39 is 5.41 Å². The fraction of sp³-hybridized carbons (Fsp3) is 0.600. The predicted octanol–water partition coefficient (Wildman–Crippen LogP) is 1.23. The Morgan fingerprint density at radius 2 is 1.48 bits per heavy atom. The molecule has 27 heavy (non-hydrogen) atoms. The van der Waals surface area contributed by atoms with Crippen molar-refractivity contribution in [2.24, 2.45) is 5.41 Å². The van der Waals surface area contributed by atoms with Crippen LogP contribution in [0.2, 0.25) is 0 Å². The molecule has 0 atom stereocenters. The summed E-state index contributed by atoms with van der Waals surface area (Å²) in [6.45, 7) is 8.27. The van der Waals surface area contributed by atoms with Gasteiger partial charge in [0.15, 0.2) is 0 Å². The van der Waals surface area contributed by atoms with Gasteiger partial charge in [-0.15, -0.1) is 0 Å². The normalized spacial score (nSPS) is 18.4. The van der Waals surface area contributed by atoms with Crippen LogP contribution in [0.4, 0.5) is 5.69 Å². The topological polar surface area (TPSA) is 62.3 Å². The van der Waals surface area contributed by atoms with Gasteiger partial charge < -0.3 is 24.2 Å². The maximum absolute atomic E-state index is 13.1. The molecule has 2 amide bonds. The Kier molecular flexibility index (Phi) is 5.89. The minimum absolute atomic E-state index is 0.0985. The van der Waals surface area contributed by atoms with Crippen molar-refractivity contribution in [3.05, 3.63) is 24.3 Å². The molecule has 1 aromatic rings. The van der Waals surface area contributed by atoms with Crippen molar-refractivity contribution in [1.82, 2.24) is 9.80 Å². The standard InChI is InChI=1S/C20H29N3O4/c1-20(2,19(25)23-12-14-27-15-13-23)18(24)22-10-8-21(9-11-22)16-6-4-5-7-17(16)26-3/h4-7H,8-15H2,1-3H3. The van der Waals surface area contributed by atoms with Gasteiger partial charge >= 0.3 is 0 Å². The van der Waals surface area contributed by atoms with E-state index in [1.54, 1.807) is 25.9 Å². The van der Waals surface area contributed by atoms with Crippen LogP contribution in [0.15, 0.2) is 24.3 Å². The number of para-hydroxylation sites is 2. The molecule has 2 heterocycles. The highest BCUT2D eigenvalue weighted by molar-refractivity contribution is 6.04. The van der Waals surface area contributed by atoms with Gasteiger partial charge in [0.05, 0.1) is 26.0 Å². The fourth-order valence-electron chi connectivity index (χ4n) is 3.69. The van der Waals surface area contributed by atoms with E-state index in [4.69, 9.17) is 9.47 Å². The van der Waals surface area contributed by atoms with E-state index in [-0.39, 0.29) is 11.8 Å². The van der Waals surface area contributed by atoms with Crippen molar-refractivity contribution in [3.63, 3.8) is 0 Å². The van der Waals surface area contributed by atoms with E-state index in [0.29, 0.717) is 52.5 Å². The number of anilines is 1. The monoisotopic (exact) mass is 375 g/mol. The summed E-state index contributed by atoms with van der Waals surface area (Å²) in [5.41, 5.74) is -0.0139. The van der Waals surface area contributed by atoms with Gasteiger partial charge in [-0.1, -0.05) is 12.1 Å². The van der Waals surface area contributed by atoms with Gasteiger partial charge in [0.1, 0.15) is 11.2 Å². The van der Waals surface area contributed by atoms with Gasteiger partial charge in [-0.3, -0.25) is 9.59 Å². The van der Waals surface area contributed by atoms with Gasteiger partial charge in [0.2, 0.25) is 11.8 Å². The second-order valence-corrected chi connectivity index (χ2v) is 7.48. The van der Waals surface area contributed by atoms with Crippen LogP contribution in [-0.2, 0) is 14.3 Å². The molecule has 3 rings (SSSR count). The number of ether oxygens (including phenoxy) is 2. The molecule has 0 radical (unpaired) electrons. The van der Waals surface area contributed by atoms with E-state index in [9.17, 15) is 9.59 Å². The number of amides is 2. The lowest BCUT2D eigenvalue weighted by molar-refractivity contribution is -0.156. The van der Waals surface area contributed by atoms with Crippen LogP contribution in [0.1, 0.15) is 13.8 Å². The Balaban J connectivity index is 1.62. The van der Waals surface area contributed by atoms with Gasteiger partial charge in [-0.05, 0) is 26.0 Å². The summed E-state index contributed by atoms with van der Waals surface area (Å²) in [5.74, 6) is 0.627. The number of benzene rings is 1. The highest BCUT2D eigenvalue weighted by Gasteiger charge is 2.42. The molecule has 0 aromatic heterocycles. The zero-order valence-electron chi connectivity index (χ0n) is 16.4. The molecule has 0 spiro atoms. The maximum atomic E-state index is 13.1. The van der Waals surface area contributed by atoms with Crippen LogP contribution >= 0.6 is 0 Å². The molecule has 7 heteroatoms. The lowest BCUT2D eigenvalue weighted by Gasteiger charge is -2.40. The van der Waals surface area contributed by atoms with Crippen molar-refractivity contribution >= 4 is 17.5 Å². The highest BCUT2D eigenvalue weighted by Crippen LogP contribution is 2.29. The fourth-order valence-corrected chi connectivity index (χ4v) is 3.69. The molecule has 2 aliphatic heterocycles. The molecule has 2 aliphatic rings. The van der Waals surface area contributed by atoms with Crippen LogP contribution in [0.5, 0.6) is 5.75 Å². The van der Waals surface area contributed by atoms with Crippen LogP contribution in [0.25, 0.3) is 0 Å². The maximum Gasteiger partial charge on any atom is 0.237 e. The van der Waals surface area contributed by atoms with E-state index in [1.165, 1.54) is 0 Å². The largest absolute Gasteiger partial charge is 0.495 e. The minimum Gasteiger partial charge on any atom is -0.495 e. The lowest BCUT2D eigenvalue weighted by atomic mass is 9.89. The molecule has 0 N–H and O–H groups in total. The number of morpholine rings is 1. The Morgan fingerprint density at radius 1 is 0.926 bits per heavy atom. The molecular formula is C20H29N3O4. The third-order valence-electron chi connectivity index (χ3n) is 5.36. The number of nitrogens with zero attached hydrogens (tertiary/aromatic N) is 3. The molecule has 7 nitrogen and oxygen atoms in total. The molecule has 0 unspecified atom stereocenters. The average molecular weight is 375 g/mol. The third-order valence-corrected chi connectivity index (χ3v) is 5.36. The van der Waals surface area contributed by atoms with Crippen molar-refractivity contribution in [3.8, 4) is 5.75 Å². The Bertz CT molecular complexity index is 678. The van der Waals surface area contributed by atoms with Gasteiger partial charge in [0.25, 0.3) is 0 Å². The number of hydrogen-bond donors (Lipinski definition) is 0. The molecule has 2 fully saturated rings. The van der Waals surface area contributed by atoms with Crippen LogP contribution in [0.3, 0.4) is 0 Å². The van der Waals surface area contributed by atoms with E-state index in [2.05, 4.69) is 4.90 Å². The van der Waals surface area contributed by atoms with Gasteiger partial charge in [-0.25, -0.2) is 0 Å². The Morgan fingerprint density at radius 3 is 2.07 bits per heavy atom. The van der Waals surface area contributed by atoms with Gasteiger partial charge in [0, 0.05) is 39.3 Å². The lowest BCUT2D eigenvalue weighted by Crippen LogP contribution is -2.57. The molecular weight excluding hydrogens is 346 g/mol. The third kappa shape index (κ3) is 4.03. The molecule has 148 valence electrons. The number of piperazine rings is 1. The summed E-state index contributed by atoms with van der Waals surface area (Å²) in [7, 11) is 1.67. The summed E-state index contributed by atoms with van der Waals surface area (Å²) >= 11 is 0. The second kappa shape index (κ2) is 8.17. The second-order valence-electron chi connectivity index (χ2n) is 7.48. The number of carbonyl (C=O) groups is 2. The van der Waals surface area contributed by atoms with Crippen molar-refractivity contribution in [2.75, 3.05) is 64.5 Å². The van der Waals surface area contributed by atoms with Crippen molar-refractivity contribution < 1.29 is 19.1 Å². The SMILES string of the molecule is COc1ccccc1N1CCN(C(=O)C(C)(C)C(=O)N2CCOCC2)CC1. The summed E-state index contributed by atoms with van der Waals surface area (Å²) in [4.78, 5) is 31.7. The van der Waals surface area contributed by atoms with Crippen LogP contribution < -0.4 is 9.64 Å². The molecule has 0 saturated carbocycles. The Labute approximate surface area is 160 Å². The van der Waals surface area contributed by atoms with E-state index >= 15 is 0 Å². The zero-order valence-corrected chi connectivity index (χ0v) is 16.4. The quantitative estimate of drug-likeness (QED) is 0.741. The van der Waals surface area contributed by atoms with E-state index in [0.717, 1.165) is 11.4 Å². The van der Waals surface area contributed by atoms with E-state index in [1.807, 2.05) is 29.2 Å². The minimum atomic E-state index is -1.05. The summed E-state index contributed by atoms with van der Waals surface area (Å²) in [5, 5.41) is 0. The van der Waals surface area contributed by atoms with Crippen molar-refractivity contribution in [2.45, 2.75) is 13.8 Å². The molecule has 0 bridgehead atoms. The average Bonchev–Trinajstić information content (AvgIpc) is 2.73. The number of rotatable bonds is 4. The first kappa shape index (κ1) is 19.5. The van der Waals surface area contributed by atoms with Crippen LogP contribution in [-0.4, -0.2) is 81.2 Å². The zero-order chi connectivity index (χ0) is 19.4. The number of hydrogen-bond acceptors (Lipinski definition) is 5. The predicted molar refractivity (Wildman–Crippen MR) is 103 cm³/mol. The first-order chi connectivity index (χ1) is 12.9. The summed E-state index contributed by atoms with van der Waals surface area (Å²) < 4.78 is 10.8. The molecule has 2 saturated heterocycles. The Hall–Kier alpha value is -2.28. The van der Waals surface area contributed by atoms with Crippen molar-refractivity contribution in [1.29, 1.82) is 0 Å². The van der Waals surface area contributed by atoms with Gasteiger partial charge in [-0.2, -0.15) is 0 Å². The number of methoxy groups -OCH3 is 1. The first-order valence-corrected chi connectivity index (χ1v) is 9.49. The summed E-state index contributed by atoms with van der Waals surface area (Å²) in [6, 6.07) is 7.90. The summed E-state index contributed by atoms with van der Waals surface area (Å²) in [6.07, 6.45) is 0. The molecule has 0 aliphatic carbocycles. The first-order valence-electron chi connectivity index (χ1n) is 9.49. The highest BCUT2D eigenvalue weighted by atomic mass is 16.5. The smallest absolute Gasteiger partial charge is 0.237 e. The molecule has 1 aromatic carbocycles. The number of carbonyl (C=O) groups excluding carboxylic acids is 2.